The molecule has 1 aliphatic rings. The van der Waals surface area contributed by atoms with Crippen LogP contribution in [-0.2, 0) is 0 Å². The van der Waals surface area contributed by atoms with Crippen molar-refractivity contribution in [2.24, 2.45) is 5.92 Å². The molecule has 0 bridgehead atoms. The van der Waals surface area contributed by atoms with E-state index in [0.717, 1.165) is 44.6 Å². The van der Waals surface area contributed by atoms with Gasteiger partial charge >= 0.3 is 0 Å². The third-order valence-electron chi connectivity index (χ3n) is 4.18. The van der Waals surface area contributed by atoms with Crippen molar-refractivity contribution in [3.05, 3.63) is 23.8 Å². The molecular weight excluding hydrogens is 304 g/mol. The number of nitrogens with zero attached hydrogens (tertiary/aromatic N) is 1. The Morgan fingerprint density at radius 2 is 1.92 bits per heavy atom. The van der Waals surface area contributed by atoms with Crippen molar-refractivity contribution in [2.75, 3.05) is 39.9 Å². The van der Waals surface area contributed by atoms with Crippen molar-refractivity contribution in [2.45, 2.75) is 33.1 Å². The van der Waals surface area contributed by atoms with Crippen LogP contribution in [0, 0.1) is 5.92 Å². The first kappa shape index (κ1) is 18.6. The smallest absolute Gasteiger partial charge is 0.254 e. The highest BCUT2D eigenvalue weighted by Gasteiger charge is 2.27. The van der Waals surface area contributed by atoms with Gasteiger partial charge in [0.15, 0.2) is 11.5 Å². The highest BCUT2D eigenvalue weighted by molar-refractivity contribution is 5.95. The highest BCUT2D eigenvalue weighted by atomic mass is 16.5. The maximum absolute atomic E-state index is 12.8. The van der Waals surface area contributed by atoms with Crippen molar-refractivity contribution in [1.82, 2.24) is 10.2 Å². The van der Waals surface area contributed by atoms with Gasteiger partial charge in [0.1, 0.15) is 0 Å². The zero-order chi connectivity index (χ0) is 17.4. The van der Waals surface area contributed by atoms with Crippen LogP contribution in [-0.4, -0.2) is 50.7 Å². The molecule has 5 heteroatoms. The minimum Gasteiger partial charge on any atom is -0.490 e. The normalized spacial score (nSPS) is 17.1. The maximum atomic E-state index is 12.8. The van der Waals surface area contributed by atoms with Crippen LogP contribution in [0.2, 0.25) is 0 Å². The SMILES string of the molecule is CCCOc1ccc(C(=O)N2CCC(CNC)C2)cc1OCCC. The monoisotopic (exact) mass is 334 g/mol. The van der Waals surface area contributed by atoms with Crippen LogP contribution in [0.25, 0.3) is 0 Å². The van der Waals surface area contributed by atoms with E-state index in [9.17, 15) is 4.79 Å². The van der Waals surface area contributed by atoms with Crippen molar-refractivity contribution in [3.8, 4) is 11.5 Å². The Balaban J connectivity index is 2.10. The van der Waals surface area contributed by atoms with Gasteiger partial charge in [-0.1, -0.05) is 13.8 Å². The van der Waals surface area contributed by atoms with Crippen LogP contribution in [0.5, 0.6) is 11.5 Å². The number of amides is 1. The molecule has 0 radical (unpaired) electrons. The van der Waals surface area contributed by atoms with Crippen LogP contribution >= 0.6 is 0 Å². The van der Waals surface area contributed by atoms with E-state index in [-0.39, 0.29) is 5.91 Å². The Kier molecular flexibility index (Phi) is 7.37. The van der Waals surface area contributed by atoms with Gasteiger partial charge in [-0.25, -0.2) is 0 Å². The quantitative estimate of drug-likeness (QED) is 0.754. The van der Waals surface area contributed by atoms with Gasteiger partial charge in [0.05, 0.1) is 13.2 Å². The lowest BCUT2D eigenvalue weighted by Crippen LogP contribution is -2.30. The average Bonchev–Trinajstić information content (AvgIpc) is 3.06. The second kappa shape index (κ2) is 9.52. The second-order valence-electron chi connectivity index (χ2n) is 6.32. The van der Waals surface area contributed by atoms with E-state index >= 15 is 0 Å². The van der Waals surface area contributed by atoms with Crippen LogP contribution in [0.3, 0.4) is 0 Å². The third kappa shape index (κ3) is 4.87. The summed E-state index contributed by atoms with van der Waals surface area (Å²) in [5.41, 5.74) is 0.676. The Bertz CT molecular complexity index is 533. The van der Waals surface area contributed by atoms with Crippen molar-refractivity contribution < 1.29 is 14.3 Å². The third-order valence-corrected chi connectivity index (χ3v) is 4.18. The van der Waals surface area contributed by atoms with Gasteiger partial charge in [-0.05, 0) is 57.0 Å². The second-order valence-corrected chi connectivity index (χ2v) is 6.32. The molecule has 0 aliphatic carbocycles. The van der Waals surface area contributed by atoms with Gasteiger partial charge in [-0.15, -0.1) is 0 Å². The Labute approximate surface area is 145 Å². The fourth-order valence-corrected chi connectivity index (χ4v) is 2.95. The van der Waals surface area contributed by atoms with Gasteiger partial charge in [-0.2, -0.15) is 0 Å². The van der Waals surface area contributed by atoms with E-state index in [0.29, 0.717) is 30.4 Å². The van der Waals surface area contributed by atoms with Crippen molar-refractivity contribution in [3.63, 3.8) is 0 Å². The standard InChI is InChI=1S/C19H30N2O3/c1-4-10-23-17-7-6-16(12-18(17)24-11-5-2)19(22)21-9-8-15(14-21)13-20-3/h6-7,12,15,20H,4-5,8-11,13-14H2,1-3H3. The summed E-state index contributed by atoms with van der Waals surface area (Å²) in [5.74, 6) is 2.01. The van der Waals surface area contributed by atoms with E-state index in [1.54, 1.807) is 0 Å². The topological polar surface area (TPSA) is 50.8 Å². The van der Waals surface area contributed by atoms with E-state index < -0.39 is 0 Å². The molecule has 1 atom stereocenters. The summed E-state index contributed by atoms with van der Waals surface area (Å²) in [6, 6.07) is 5.53. The van der Waals surface area contributed by atoms with Crippen molar-refractivity contribution >= 4 is 5.91 Å². The number of carbonyl (C=O) groups excluding carboxylic acids is 1. The number of rotatable bonds is 9. The first-order chi connectivity index (χ1) is 11.7. The van der Waals surface area contributed by atoms with Crippen LogP contribution in [0.1, 0.15) is 43.5 Å². The van der Waals surface area contributed by atoms with Crippen LogP contribution in [0.15, 0.2) is 18.2 Å². The number of likely N-dealkylation sites (tertiary alicyclic amines) is 1. The number of ether oxygens (including phenoxy) is 2. The molecule has 0 spiro atoms. The van der Waals surface area contributed by atoms with Gasteiger partial charge < -0.3 is 19.7 Å². The highest BCUT2D eigenvalue weighted by Crippen LogP contribution is 2.30. The van der Waals surface area contributed by atoms with Crippen molar-refractivity contribution in [1.29, 1.82) is 0 Å². The summed E-state index contributed by atoms with van der Waals surface area (Å²) in [7, 11) is 1.96. The summed E-state index contributed by atoms with van der Waals surface area (Å²) in [4.78, 5) is 14.7. The molecule has 24 heavy (non-hydrogen) atoms. The first-order valence-corrected chi connectivity index (χ1v) is 9.03. The summed E-state index contributed by atoms with van der Waals surface area (Å²) in [5, 5.41) is 3.19. The van der Waals surface area contributed by atoms with Gasteiger partial charge in [-0.3, -0.25) is 4.79 Å². The number of nitrogens with one attached hydrogen (secondary N) is 1. The van der Waals surface area contributed by atoms with Crippen LogP contribution in [0.4, 0.5) is 0 Å². The molecule has 1 N–H and O–H groups in total. The molecule has 1 unspecified atom stereocenters. The zero-order valence-electron chi connectivity index (χ0n) is 15.1. The lowest BCUT2D eigenvalue weighted by molar-refractivity contribution is 0.0786. The minimum absolute atomic E-state index is 0.0805. The largest absolute Gasteiger partial charge is 0.490 e. The van der Waals surface area contributed by atoms with E-state index in [1.807, 2.05) is 30.1 Å². The summed E-state index contributed by atoms with van der Waals surface area (Å²) >= 11 is 0. The molecule has 0 saturated carbocycles. The summed E-state index contributed by atoms with van der Waals surface area (Å²) in [6.45, 7) is 8.00. The van der Waals surface area contributed by atoms with E-state index in [2.05, 4.69) is 19.2 Å². The maximum Gasteiger partial charge on any atom is 0.254 e. The molecule has 1 aromatic carbocycles. The first-order valence-electron chi connectivity index (χ1n) is 9.03. The minimum atomic E-state index is 0.0805. The lowest BCUT2D eigenvalue weighted by Gasteiger charge is -2.18. The summed E-state index contributed by atoms with van der Waals surface area (Å²) < 4.78 is 11.5. The summed E-state index contributed by atoms with van der Waals surface area (Å²) in [6.07, 6.45) is 2.92. The zero-order valence-corrected chi connectivity index (χ0v) is 15.1. The van der Waals surface area contributed by atoms with E-state index in [1.165, 1.54) is 0 Å². The molecule has 1 aliphatic heterocycles. The molecule has 134 valence electrons. The molecule has 1 heterocycles. The Morgan fingerprint density at radius 3 is 2.58 bits per heavy atom. The molecule has 1 aromatic rings. The van der Waals surface area contributed by atoms with Gasteiger partial charge in [0, 0.05) is 18.7 Å². The number of carbonyl (C=O) groups is 1. The van der Waals surface area contributed by atoms with E-state index in [4.69, 9.17) is 9.47 Å². The molecule has 1 fully saturated rings. The molecule has 1 saturated heterocycles. The number of hydrogen-bond donors (Lipinski definition) is 1. The number of benzene rings is 1. The molecule has 5 nitrogen and oxygen atoms in total. The molecule has 0 aromatic heterocycles. The predicted molar refractivity (Wildman–Crippen MR) is 96.0 cm³/mol. The molecule has 2 rings (SSSR count). The molecular formula is C19H30N2O3. The van der Waals surface area contributed by atoms with Gasteiger partial charge in [0.2, 0.25) is 0 Å². The fourth-order valence-electron chi connectivity index (χ4n) is 2.95. The lowest BCUT2D eigenvalue weighted by atomic mass is 10.1. The van der Waals surface area contributed by atoms with Crippen LogP contribution < -0.4 is 14.8 Å². The van der Waals surface area contributed by atoms with Gasteiger partial charge in [0.25, 0.3) is 5.91 Å². The Hall–Kier alpha value is -1.75. The Morgan fingerprint density at radius 1 is 1.21 bits per heavy atom. The average molecular weight is 334 g/mol. The fraction of sp³-hybridized carbons (Fsp3) is 0.632. The predicted octanol–water partition coefficient (Wildman–Crippen LogP) is 2.95. The molecule has 1 amide bonds. The number of hydrogen-bond acceptors (Lipinski definition) is 4.